The van der Waals surface area contributed by atoms with Gasteiger partial charge in [0.05, 0.1) is 12.2 Å². The molecule has 0 saturated heterocycles. The Morgan fingerprint density at radius 3 is 2.43 bits per heavy atom. The van der Waals surface area contributed by atoms with Crippen molar-refractivity contribution in [2.75, 3.05) is 6.61 Å². The third kappa shape index (κ3) is 2.52. The average molecular weight is 194 g/mol. The molecular weight excluding hydrogens is 180 g/mol. The highest BCUT2D eigenvalue weighted by Gasteiger charge is 2.08. The van der Waals surface area contributed by atoms with Gasteiger partial charge in [-0.05, 0) is 6.92 Å². The van der Waals surface area contributed by atoms with E-state index in [0.29, 0.717) is 12.2 Å². The minimum Gasteiger partial charge on any atom is -0.462 e. The summed E-state index contributed by atoms with van der Waals surface area (Å²) in [7, 11) is 0. The Bertz CT molecular complexity index is 306. The van der Waals surface area contributed by atoms with Gasteiger partial charge in [-0.15, -0.1) is 0 Å². The quantitative estimate of drug-likeness (QED) is 0.688. The van der Waals surface area contributed by atoms with Crippen molar-refractivity contribution in [1.82, 2.24) is 9.97 Å². The maximum atomic E-state index is 11.2. The molecule has 0 atom stereocenters. The third-order valence-corrected chi connectivity index (χ3v) is 1.70. The Labute approximate surface area is 83.3 Å². The SMILES string of the molecule is CCOC(=O)c1cnc(C(C)C)nc1. The van der Waals surface area contributed by atoms with Crippen LogP contribution in [0.5, 0.6) is 0 Å². The lowest BCUT2D eigenvalue weighted by Crippen LogP contribution is -2.07. The van der Waals surface area contributed by atoms with E-state index in [1.54, 1.807) is 6.92 Å². The van der Waals surface area contributed by atoms with E-state index < -0.39 is 0 Å². The first-order chi connectivity index (χ1) is 6.65. The molecule has 0 saturated carbocycles. The van der Waals surface area contributed by atoms with Crippen molar-refractivity contribution in [3.05, 3.63) is 23.8 Å². The number of rotatable bonds is 3. The van der Waals surface area contributed by atoms with Crippen molar-refractivity contribution < 1.29 is 9.53 Å². The predicted octanol–water partition coefficient (Wildman–Crippen LogP) is 1.78. The first-order valence-electron chi connectivity index (χ1n) is 4.64. The van der Waals surface area contributed by atoms with Gasteiger partial charge in [0, 0.05) is 18.3 Å². The zero-order valence-electron chi connectivity index (χ0n) is 8.65. The molecule has 1 rings (SSSR count). The minimum atomic E-state index is -0.372. The van der Waals surface area contributed by atoms with Gasteiger partial charge in [0.15, 0.2) is 0 Å². The lowest BCUT2D eigenvalue weighted by Gasteiger charge is -2.04. The van der Waals surface area contributed by atoms with Gasteiger partial charge in [0.1, 0.15) is 5.82 Å². The highest BCUT2D eigenvalue weighted by atomic mass is 16.5. The largest absolute Gasteiger partial charge is 0.462 e. The van der Waals surface area contributed by atoms with Crippen molar-refractivity contribution in [3.8, 4) is 0 Å². The summed E-state index contributed by atoms with van der Waals surface area (Å²) in [5.74, 6) is 0.632. The van der Waals surface area contributed by atoms with Gasteiger partial charge >= 0.3 is 5.97 Å². The Balaban J connectivity index is 2.78. The molecule has 76 valence electrons. The molecule has 0 fully saturated rings. The molecule has 0 unspecified atom stereocenters. The lowest BCUT2D eigenvalue weighted by molar-refractivity contribution is 0.0525. The smallest absolute Gasteiger partial charge is 0.341 e. The maximum absolute atomic E-state index is 11.2. The highest BCUT2D eigenvalue weighted by molar-refractivity contribution is 5.88. The summed E-state index contributed by atoms with van der Waals surface area (Å²) in [6, 6.07) is 0. The highest BCUT2D eigenvalue weighted by Crippen LogP contribution is 2.08. The first-order valence-corrected chi connectivity index (χ1v) is 4.64. The van der Waals surface area contributed by atoms with Crippen LogP contribution in [0.25, 0.3) is 0 Å². The molecule has 1 heterocycles. The molecule has 0 N–H and O–H groups in total. The Hall–Kier alpha value is -1.45. The van der Waals surface area contributed by atoms with Crippen LogP contribution in [0.2, 0.25) is 0 Å². The van der Waals surface area contributed by atoms with Crippen molar-refractivity contribution >= 4 is 5.97 Å². The number of hydrogen-bond acceptors (Lipinski definition) is 4. The molecule has 1 aromatic rings. The number of carbonyl (C=O) groups is 1. The summed E-state index contributed by atoms with van der Waals surface area (Å²) in [6.45, 7) is 6.13. The van der Waals surface area contributed by atoms with Crippen LogP contribution in [0.15, 0.2) is 12.4 Å². The maximum Gasteiger partial charge on any atom is 0.341 e. The zero-order chi connectivity index (χ0) is 10.6. The van der Waals surface area contributed by atoms with Crippen molar-refractivity contribution in [2.24, 2.45) is 0 Å². The second-order valence-corrected chi connectivity index (χ2v) is 3.21. The van der Waals surface area contributed by atoms with E-state index in [1.165, 1.54) is 12.4 Å². The summed E-state index contributed by atoms with van der Waals surface area (Å²) in [6.07, 6.45) is 3.00. The van der Waals surface area contributed by atoms with Crippen LogP contribution in [0.3, 0.4) is 0 Å². The van der Waals surface area contributed by atoms with Crippen LogP contribution < -0.4 is 0 Å². The summed E-state index contributed by atoms with van der Waals surface area (Å²) >= 11 is 0. The van der Waals surface area contributed by atoms with Crippen molar-refractivity contribution in [3.63, 3.8) is 0 Å². The van der Waals surface area contributed by atoms with E-state index in [-0.39, 0.29) is 11.9 Å². The van der Waals surface area contributed by atoms with Crippen molar-refractivity contribution in [1.29, 1.82) is 0 Å². The Kier molecular flexibility index (Phi) is 3.56. The fourth-order valence-corrected chi connectivity index (χ4v) is 0.956. The molecule has 0 spiro atoms. The van der Waals surface area contributed by atoms with Gasteiger partial charge < -0.3 is 4.74 Å². The van der Waals surface area contributed by atoms with Crippen molar-refractivity contribution in [2.45, 2.75) is 26.7 Å². The van der Waals surface area contributed by atoms with Crippen LogP contribution in [-0.2, 0) is 4.74 Å². The molecule has 1 aromatic heterocycles. The minimum absolute atomic E-state index is 0.270. The molecule has 4 heteroatoms. The van der Waals surface area contributed by atoms with Gasteiger partial charge in [0.25, 0.3) is 0 Å². The van der Waals surface area contributed by atoms with Crippen LogP contribution in [0.1, 0.15) is 42.9 Å². The van der Waals surface area contributed by atoms with E-state index in [4.69, 9.17) is 4.74 Å². The Morgan fingerprint density at radius 2 is 2.00 bits per heavy atom. The van der Waals surface area contributed by atoms with E-state index >= 15 is 0 Å². The Morgan fingerprint density at radius 1 is 1.43 bits per heavy atom. The van der Waals surface area contributed by atoms with Gasteiger partial charge in [-0.1, -0.05) is 13.8 Å². The molecule has 14 heavy (non-hydrogen) atoms. The third-order valence-electron chi connectivity index (χ3n) is 1.70. The molecule has 4 nitrogen and oxygen atoms in total. The van der Waals surface area contributed by atoms with Gasteiger partial charge in [-0.25, -0.2) is 14.8 Å². The summed E-state index contributed by atoms with van der Waals surface area (Å²) in [5.41, 5.74) is 0.399. The van der Waals surface area contributed by atoms with Crippen LogP contribution in [-0.4, -0.2) is 22.5 Å². The molecule has 0 radical (unpaired) electrons. The van der Waals surface area contributed by atoms with Gasteiger partial charge in [-0.3, -0.25) is 0 Å². The number of nitrogens with zero attached hydrogens (tertiary/aromatic N) is 2. The number of esters is 1. The predicted molar refractivity (Wildman–Crippen MR) is 52.1 cm³/mol. The van der Waals surface area contributed by atoms with Crippen LogP contribution in [0, 0.1) is 0 Å². The van der Waals surface area contributed by atoms with E-state index in [2.05, 4.69) is 9.97 Å². The monoisotopic (exact) mass is 194 g/mol. The number of ether oxygens (including phenoxy) is 1. The van der Waals surface area contributed by atoms with E-state index in [1.807, 2.05) is 13.8 Å². The second-order valence-electron chi connectivity index (χ2n) is 3.21. The van der Waals surface area contributed by atoms with E-state index in [9.17, 15) is 4.79 Å². The summed E-state index contributed by atoms with van der Waals surface area (Å²) in [4.78, 5) is 19.4. The van der Waals surface area contributed by atoms with E-state index in [0.717, 1.165) is 5.82 Å². The first kappa shape index (κ1) is 10.6. The molecule has 0 aliphatic carbocycles. The molecule has 0 aliphatic heterocycles. The summed E-state index contributed by atoms with van der Waals surface area (Å²) < 4.78 is 4.81. The van der Waals surface area contributed by atoms with Gasteiger partial charge in [0.2, 0.25) is 0 Å². The lowest BCUT2D eigenvalue weighted by atomic mass is 10.2. The fourth-order valence-electron chi connectivity index (χ4n) is 0.956. The molecule has 0 amide bonds. The normalized spacial score (nSPS) is 10.3. The standard InChI is InChI=1S/C10H14N2O2/c1-4-14-10(13)8-5-11-9(7(2)3)12-6-8/h5-7H,4H2,1-3H3. The molecule has 0 aromatic carbocycles. The zero-order valence-corrected chi connectivity index (χ0v) is 8.65. The molecular formula is C10H14N2O2. The topological polar surface area (TPSA) is 52.1 Å². The number of hydrogen-bond donors (Lipinski definition) is 0. The molecule has 0 aliphatic rings. The number of carbonyl (C=O) groups excluding carboxylic acids is 1. The molecule has 0 bridgehead atoms. The van der Waals surface area contributed by atoms with Crippen LogP contribution in [0.4, 0.5) is 0 Å². The van der Waals surface area contributed by atoms with Crippen LogP contribution >= 0.6 is 0 Å². The number of aromatic nitrogens is 2. The summed E-state index contributed by atoms with van der Waals surface area (Å²) in [5, 5.41) is 0. The average Bonchev–Trinajstić information content (AvgIpc) is 2.18. The second kappa shape index (κ2) is 4.69. The fraction of sp³-hybridized carbons (Fsp3) is 0.500. The van der Waals surface area contributed by atoms with Gasteiger partial charge in [-0.2, -0.15) is 0 Å².